The van der Waals surface area contributed by atoms with E-state index in [2.05, 4.69) is 32.0 Å². The van der Waals surface area contributed by atoms with Crippen LogP contribution in [-0.4, -0.2) is 43.3 Å². The number of ether oxygens (including phenoxy) is 2. The Morgan fingerprint density at radius 1 is 1.18 bits per heavy atom. The van der Waals surface area contributed by atoms with E-state index in [-0.39, 0.29) is 0 Å². The molecular weight excluding hydrogens is 378 g/mol. The van der Waals surface area contributed by atoms with Crippen LogP contribution in [0.5, 0.6) is 11.5 Å². The zero-order chi connectivity index (χ0) is 19.5. The van der Waals surface area contributed by atoms with Crippen molar-refractivity contribution >= 4 is 34.6 Å². The van der Waals surface area contributed by atoms with Crippen molar-refractivity contribution in [3.05, 3.63) is 34.5 Å². The van der Waals surface area contributed by atoms with Gasteiger partial charge in [0.25, 0.3) is 0 Å². The third-order valence-corrected chi connectivity index (χ3v) is 5.13. The maximum atomic E-state index is 6.87. The Balaban J connectivity index is 1.79. The number of nitrogens with one attached hydrogen (secondary N) is 3. The molecule has 3 N–H and O–H groups in total. The second-order valence-electron chi connectivity index (χ2n) is 6.77. The molecule has 8 heteroatoms. The lowest BCUT2D eigenvalue weighted by Gasteiger charge is -2.25. The van der Waals surface area contributed by atoms with Crippen molar-refractivity contribution < 1.29 is 9.47 Å². The number of fused-ring (bicyclic) bond motifs is 1. The average molecular weight is 402 g/mol. The Kier molecular flexibility index (Phi) is 5.54. The van der Waals surface area contributed by atoms with E-state index in [1.807, 2.05) is 26.1 Å². The summed E-state index contributed by atoms with van der Waals surface area (Å²) in [4.78, 5) is 8.94. The molecule has 3 heterocycles. The fraction of sp³-hybridized carbons (Fsp3) is 0.400. The molecule has 0 aliphatic carbocycles. The van der Waals surface area contributed by atoms with Crippen molar-refractivity contribution in [1.29, 1.82) is 0 Å². The van der Waals surface area contributed by atoms with E-state index in [1.165, 1.54) is 5.57 Å². The lowest BCUT2D eigenvalue weighted by molar-refractivity contribution is 0.171. The summed E-state index contributed by atoms with van der Waals surface area (Å²) in [5, 5.41) is 10.3. The van der Waals surface area contributed by atoms with Gasteiger partial charge in [0.2, 0.25) is 5.95 Å². The molecule has 0 radical (unpaired) electrons. The molecule has 1 aromatic heterocycles. The Labute approximate surface area is 169 Å². The molecule has 0 unspecified atom stereocenters. The van der Waals surface area contributed by atoms with Gasteiger partial charge in [0.15, 0.2) is 11.5 Å². The van der Waals surface area contributed by atoms with E-state index in [4.69, 9.17) is 21.1 Å². The third kappa shape index (κ3) is 3.86. The normalized spacial score (nSPS) is 16.2. The second kappa shape index (κ2) is 8.24. The summed E-state index contributed by atoms with van der Waals surface area (Å²) in [7, 11) is 1.83. The van der Waals surface area contributed by atoms with Gasteiger partial charge in [0, 0.05) is 37.0 Å². The van der Waals surface area contributed by atoms with Gasteiger partial charge in [-0.2, -0.15) is 4.98 Å². The number of hydrogen-bond acceptors (Lipinski definition) is 7. The number of allylic oxidation sites excluding steroid dienone is 1. The van der Waals surface area contributed by atoms with Crippen molar-refractivity contribution in [2.75, 3.05) is 44.0 Å². The number of aromatic nitrogens is 2. The summed E-state index contributed by atoms with van der Waals surface area (Å²) in [6, 6.07) is 3.74. The number of halogens is 1. The van der Waals surface area contributed by atoms with Crippen LogP contribution in [0.25, 0.3) is 5.57 Å². The Morgan fingerprint density at radius 3 is 2.89 bits per heavy atom. The smallest absolute Gasteiger partial charge is 0.229 e. The van der Waals surface area contributed by atoms with Gasteiger partial charge < -0.3 is 25.4 Å². The maximum Gasteiger partial charge on any atom is 0.229 e. The van der Waals surface area contributed by atoms with Crippen molar-refractivity contribution in [3.8, 4) is 11.5 Å². The first kappa shape index (κ1) is 18.8. The number of anilines is 3. The summed E-state index contributed by atoms with van der Waals surface area (Å²) in [5.74, 6) is 2.62. The molecule has 2 aliphatic heterocycles. The predicted molar refractivity (Wildman–Crippen MR) is 112 cm³/mol. The van der Waals surface area contributed by atoms with E-state index in [0.29, 0.717) is 35.6 Å². The predicted octanol–water partition coefficient (Wildman–Crippen LogP) is 3.76. The molecule has 0 fully saturated rings. The van der Waals surface area contributed by atoms with Crippen molar-refractivity contribution in [3.63, 3.8) is 0 Å². The molecule has 7 nitrogen and oxygen atoms in total. The van der Waals surface area contributed by atoms with Gasteiger partial charge in [-0.05, 0) is 31.9 Å². The lowest BCUT2D eigenvalue weighted by Crippen LogP contribution is -2.17. The molecule has 4 rings (SSSR count). The minimum atomic E-state index is 0.477. The van der Waals surface area contributed by atoms with Crippen LogP contribution in [0.4, 0.5) is 17.5 Å². The fourth-order valence-corrected chi connectivity index (χ4v) is 3.75. The van der Waals surface area contributed by atoms with Gasteiger partial charge in [-0.1, -0.05) is 17.7 Å². The molecule has 0 amide bonds. The number of aryl methyl sites for hydroxylation is 1. The van der Waals surface area contributed by atoms with Gasteiger partial charge in [0.05, 0.1) is 10.7 Å². The molecule has 148 valence electrons. The average Bonchev–Trinajstić information content (AvgIpc) is 2.97. The van der Waals surface area contributed by atoms with Crippen LogP contribution in [0.2, 0.25) is 5.02 Å². The maximum absolute atomic E-state index is 6.87. The summed E-state index contributed by atoms with van der Waals surface area (Å²) in [6.07, 6.45) is 4.15. The van der Waals surface area contributed by atoms with E-state index in [0.717, 1.165) is 48.8 Å². The van der Waals surface area contributed by atoms with Crippen LogP contribution in [-0.2, 0) is 0 Å². The van der Waals surface area contributed by atoms with Crippen LogP contribution < -0.4 is 25.4 Å². The molecule has 2 aliphatic rings. The molecule has 0 spiro atoms. The van der Waals surface area contributed by atoms with Gasteiger partial charge in [0.1, 0.15) is 19.0 Å². The molecule has 1 aromatic carbocycles. The van der Waals surface area contributed by atoms with Crippen LogP contribution in [0, 0.1) is 6.92 Å². The summed E-state index contributed by atoms with van der Waals surface area (Å²) in [6.45, 7) is 4.75. The van der Waals surface area contributed by atoms with Crippen molar-refractivity contribution in [2.24, 2.45) is 0 Å². The van der Waals surface area contributed by atoms with Crippen LogP contribution in [0.3, 0.4) is 0 Å². The molecule has 0 bridgehead atoms. The molecule has 0 saturated heterocycles. The second-order valence-corrected chi connectivity index (χ2v) is 7.15. The molecule has 0 saturated carbocycles. The first-order valence-electron chi connectivity index (χ1n) is 9.48. The van der Waals surface area contributed by atoms with Crippen molar-refractivity contribution in [1.82, 2.24) is 15.3 Å². The Morgan fingerprint density at radius 2 is 2.04 bits per heavy atom. The zero-order valence-corrected chi connectivity index (χ0v) is 16.8. The highest BCUT2D eigenvalue weighted by Gasteiger charge is 2.25. The highest BCUT2D eigenvalue weighted by molar-refractivity contribution is 6.35. The number of nitrogens with zero attached hydrogens (tertiary/aromatic N) is 2. The van der Waals surface area contributed by atoms with Crippen molar-refractivity contribution in [2.45, 2.75) is 19.8 Å². The third-order valence-electron chi connectivity index (χ3n) is 4.74. The van der Waals surface area contributed by atoms with E-state index < -0.39 is 0 Å². The minimum absolute atomic E-state index is 0.477. The highest BCUT2D eigenvalue weighted by atomic mass is 35.5. The monoisotopic (exact) mass is 401 g/mol. The minimum Gasteiger partial charge on any atom is -0.486 e. The van der Waals surface area contributed by atoms with Gasteiger partial charge >= 0.3 is 0 Å². The number of rotatable bonds is 4. The van der Waals surface area contributed by atoms with Crippen LogP contribution in [0.15, 0.2) is 18.2 Å². The molecule has 2 aromatic rings. The summed E-state index contributed by atoms with van der Waals surface area (Å²) >= 11 is 6.87. The first-order chi connectivity index (χ1) is 13.7. The number of hydrogen-bond donors (Lipinski definition) is 3. The summed E-state index contributed by atoms with van der Waals surface area (Å²) in [5.41, 5.74) is 3.62. The van der Waals surface area contributed by atoms with Gasteiger partial charge in [-0.25, -0.2) is 4.98 Å². The zero-order valence-electron chi connectivity index (χ0n) is 16.1. The number of benzene rings is 1. The van der Waals surface area contributed by atoms with E-state index >= 15 is 0 Å². The van der Waals surface area contributed by atoms with Crippen LogP contribution >= 0.6 is 11.6 Å². The first-order valence-corrected chi connectivity index (χ1v) is 9.86. The van der Waals surface area contributed by atoms with Gasteiger partial charge in [-0.15, -0.1) is 0 Å². The fourth-order valence-electron chi connectivity index (χ4n) is 3.44. The molecule has 0 atom stereocenters. The SMILES string of the molecule is CNc1cc(C)nc(Nc2cc3c(c(C4=CCNCCC4)c2Cl)OCCO3)n1. The topological polar surface area (TPSA) is 80.3 Å². The van der Waals surface area contributed by atoms with E-state index in [9.17, 15) is 0 Å². The highest BCUT2D eigenvalue weighted by Crippen LogP contribution is 2.47. The lowest BCUT2D eigenvalue weighted by atomic mass is 9.98. The van der Waals surface area contributed by atoms with Gasteiger partial charge in [-0.3, -0.25) is 0 Å². The molecular formula is C20H24ClN5O2. The largest absolute Gasteiger partial charge is 0.486 e. The quantitative estimate of drug-likeness (QED) is 0.719. The standard InChI is InChI=1S/C20H24ClN5O2/c1-12-10-16(22-2)26-20(24-12)25-14-11-15-19(28-9-8-27-15)17(18(14)21)13-4-3-6-23-7-5-13/h5,10-11,23H,3-4,6-9H2,1-2H3,(H2,22,24,25,26). The Hall–Kier alpha value is -2.51. The Bertz CT molecular complexity index is 916. The van der Waals surface area contributed by atoms with Crippen LogP contribution in [0.1, 0.15) is 24.1 Å². The van der Waals surface area contributed by atoms with E-state index in [1.54, 1.807) is 0 Å². The molecule has 28 heavy (non-hydrogen) atoms. The summed E-state index contributed by atoms with van der Waals surface area (Å²) < 4.78 is 11.8.